The summed E-state index contributed by atoms with van der Waals surface area (Å²) in [4.78, 5) is 31.3. The Bertz CT molecular complexity index is 1010. The number of hydrogen-bond donors (Lipinski definition) is 1. The summed E-state index contributed by atoms with van der Waals surface area (Å²) >= 11 is 1.63. The van der Waals surface area contributed by atoms with Gasteiger partial charge in [-0.25, -0.2) is 9.78 Å². The third-order valence-corrected chi connectivity index (χ3v) is 5.57. The molecule has 0 spiro atoms. The Kier molecular flexibility index (Phi) is 4.85. The molecule has 0 saturated heterocycles. The highest BCUT2D eigenvalue weighted by atomic mass is 32.2. The van der Waals surface area contributed by atoms with E-state index in [4.69, 9.17) is 0 Å². The molecule has 1 N–H and O–H groups in total. The highest BCUT2D eigenvalue weighted by molar-refractivity contribution is 7.99. The fourth-order valence-electron chi connectivity index (χ4n) is 2.59. The molecule has 1 aromatic carbocycles. The Morgan fingerprint density at radius 2 is 1.92 bits per heavy atom. The lowest BCUT2D eigenvalue weighted by Crippen LogP contribution is -2.29. The average molecular weight is 358 g/mol. The molecule has 7 heteroatoms. The maximum Gasteiger partial charge on any atom is 0.329 e. The molecule has 25 heavy (non-hydrogen) atoms. The zero-order valence-electron chi connectivity index (χ0n) is 14.9. The smallest absolute Gasteiger partial charge is 0.309 e. The van der Waals surface area contributed by atoms with E-state index in [1.807, 2.05) is 11.5 Å². The Hall–Kier alpha value is -2.28. The van der Waals surface area contributed by atoms with Crippen LogP contribution in [0.4, 0.5) is 0 Å². The number of benzene rings is 1. The second-order valence-corrected chi connectivity index (χ2v) is 7.70. The van der Waals surface area contributed by atoms with Crippen LogP contribution in [0, 0.1) is 6.92 Å². The van der Waals surface area contributed by atoms with E-state index in [2.05, 4.69) is 48.1 Å². The Morgan fingerprint density at radius 1 is 1.24 bits per heavy atom. The van der Waals surface area contributed by atoms with Gasteiger partial charge in [0, 0.05) is 12.3 Å². The van der Waals surface area contributed by atoms with Gasteiger partial charge in [0.25, 0.3) is 5.56 Å². The van der Waals surface area contributed by atoms with E-state index in [1.54, 1.807) is 18.8 Å². The van der Waals surface area contributed by atoms with Gasteiger partial charge in [0.05, 0.1) is 6.54 Å². The second kappa shape index (κ2) is 6.92. The lowest BCUT2D eigenvalue weighted by atomic mass is 10.1. The highest BCUT2D eigenvalue weighted by Crippen LogP contribution is 2.27. The van der Waals surface area contributed by atoms with Gasteiger partial charge >= 0.3 is 5.69 Å². The van der Waals surface area contributed by atoms with Gasteiger partial charge in [-0.1, -0.05) is 55.4 Å². The molecular formula is C18H22N4O2S. The van der Waals surface area contributed by atoms with Crippen LogP contribution in [-0.2, 0) is 13.6 Å². The van der Waals surface area contributed by atoms with E-state index in [-0.39, 0.29) is 0 Å². The molecule has 0 aliphatic carbocycles. The number of nitrogens with one attached hydrogen (secondary N) is 1. The molecule has 6 nitrogen and oxygen atoms in total. The number of aryl methyl sites for hydroxylation is 2. The third kappa shape index (κ3) is 3.42. The zero-order valence-corrected chi connectivity index (χ0v) is 15.7. The van der Waals surface area contributed by atoms with Gasteiger partial charge in [0.1, 0.15) is 0 Å². The van der Waals surface area contributed by atoms with E-state index >= 15 is 0 Å². The van der Waals surface area contributed by atoms with Crippen LogP contribution in [0.5, 0.6) is 0 Å². The van der Waals surface area contributed by atoms with Crippen LogP contribution < -0.4 is 11.2 Å². The molecule has 0 bridgehead atoms. The first kappa shape index (κ1) is 17.5. The first-order valence-corrected chi connectivity index (χ1v) is 9.20. The van der Waals surface area contributed by atoms with Crippen molar-refractivity contribution in [3.8, 4) is 0 Å². The molecule has 132 valence electrons. The van der Waals surface area contributed by atoms with Crippen LogP contribution in [0.3, 0.4) is 0 Å². The highest BCUT2D eigenvalue weighted by Gasteiger charge is 2.19. The lowest BCUT2D eigenvalue weighted by molar-refractivity contribution is 0.723. The van der Waals surface area contributed by atoms with Crippen molar-refractivity contribution in [3.05, 3.63) is 56.2 Å². The van der Waals surface area contributed by atoms with Crippen molar-refractivity contribution >= 4 is 22.9 Å². The minimum absolute atomic E-state index is 0.365. The van der Waals surface area contributed by atoms with E-state index in [1.165, 1.54) is 10.1 Å². The summed E-state index contributed by atoms with van der Waals surface area (Å²) in [6.07, 6.45) is 0.994. The SMILES string of the molecule is CC[C@@H](C)Sc1nc2c(c(=O)[nH]c(=O)n2C)n1Cc1ccc(C)cc1. The van der Waals surface area contributed by atoms with Crippen LogP contribution in [-0.4, -0.2) is 24.4 Å². The van der Waals surface area contributed by atoms with Gasteiger partial charge in [-0.15, -0.1) is 0 Å². The molecule has 0 unspecified atom stereocenters. The number of fused-ring (bicyclic) bond motifs is 1. The third-order valence-electron chi connectivity index (χ3n) is 4.31. The Morgan fingerprint density at radius 3 is 2.56 bits per heavy atom. The van der Waals surface area contributed by atoms with Crippen LogP contribution >= 0.6 is 11.8 Å². The molecule has 1 atom stereocenters. The number of nitrogens with zero attached hydrogens (tertiary/aromatic N) is 3. The topological polar surface area (TPSA) is 72.7 Å². The Balaban J connectivity index is 2.20. The van der Waals surface area contributed by atoms with Gasteiger partial charge in [-0.05, 0) is 18.9 Å². The number of H-pyrrole nitrogens is 1. The normalized spacial score (nSPS) is 12.6. The number of imidazole rings is 1. The number of rotatable bonds is 5. The quantitative estimate of drug-likeness (QED) is 0.712. The predicted molar refractivity (Wildman–Crippen MR) is 101 cm³/mol. The van der Waals surface area contributed by atoms with Crippen molar-refractivity contribution < 1.29 is 0 Å². The summed E-state index contributed by atoms with van der Waals surface area (Å²) < 4.78 is 3.30. The van der Waals surface area contributed by atoms with Gasteiger partial charge in [-0.3, -0.25) is 14.3 Å². The minimum Gasteiger partial charge on any atom is -0.309 e. The fourth-order valence-corrected chi connectivity index (χ4v) is 3.54. The maximum atomic E-state index is 12.4. The van der Waals surface area contributed by atoms with E-state index in [9.17, 15) is 9.59 Å². The molecule has 0 amide bonds. The summed E-state index contributed by atoms with van der Waals surface area (Å²) in [5, 5.41) is 1.13. The van der Waals surface area contributed by atoms with Crippen LogP contribution in [0.2, 0.25) is 0 Å². The van der Waals surface area contributed by atoms with Crippen molar-refractivity contribution in [1.82, 2.24) is 19.1 Å². The molecule has 0 aliphatic rings. The summed E-state index contributed by atoms with van der Waals surface area (Å²) in [6, 6.07) is 8.20. The van der Waals surface area contributed by atoms with Crippen LogP contribution in [0.25, 0.3) is 11.2 Å². The van der Waals surface area contributed by atoms with E-state index in [0.29, 0.717) is 23.0 Å². The predicted octanol–water partition coefficient (Wildman–Crippen LogP) is 2.67. The summed E-state index contributed by atoms with van der Waals surface area (Å²) in [6.45, 7) is 6.83. The van der Waals surface area contributed by atoms with Gasteiger partial charge in [0.15, 0.2) is 16.3 Å². The molecule has 0 saturated carbocycles. The molecule has 0 fully saturated rings. The zero-order chi connectivity index (χ0) is 18.1. The van der Waals surface area contributed by atoms with Crippen molar-refractivity contribution in [1.29, 1.82) is 0 Å². The number of aromatic nitrogens is 4. The number of thioether (sulfide) groups is 1. The lowest BCUT2D eigenvalue weighted by Gasteiger charge is -2.11. The van der Waals surface area contributed by atoms with Crippen LogP contribution in [0.15, 0.2) is 39.0 Å². The van der Waals surface area contributed by atoms with Crippen LogP contribution in [0.1, 0.15) is 31.4 Å². The minimum atomic E-state index is -0.447. The monoisotopic (exact) mass is 358 g/mol. The summed E-state index contributed by atoms with van der Waals surface area (Å²) in [5.41, 5.74) is 2.30. The van der Waals surface area contributed by atoms with Gasteiger partial charge in [0.2, 0.25) is 0 Å². The molecule has 0 aliphatic heterocycles. The summed E-state index contributed by atoms with van der Waals surface area (Å²) in [7, 11) is 1.63. The molecular weight excluding hydrogens is 336 g/mol. The van der Waals surface area contributed by atoms with Crippen molar-refractivity contribution in [3.63, 3.8) is 0 Å². The molecule has 3 aromatic rings. The van der Waals surface area contributed by atoms with Crippen molar-refractivity contribution in [2.24, 2.45) is 7.05 Å². The Labute approximate surface area is 149 Å². The number of aromatic amines is 1. The average Bonchev–Trinajstić information content (AvgIpc) is 2.93. The number of hydrogen-bond acceptors (Lipinski definition) is 4. The molecule has 0 radical (unpaired) electrons. The largest absolute Gasteiger partial charge is 0.329 e. The van der Waals surface area contributed by atoms with E-state index in [0.717, 1.165) is 17.1 Å². The van der Waals surface area contributed by atoms with Gasteiger partial charge in [-0.2, -0.15) is 0 Å². The van der Waals surface area contributed by atoms with Gasteiger partial charge < -0.3 is 4.57 Å². The molecule has 2 heterocycles. The van der Waals surface area contributed by atoms with E-state index < -0.39 is 11.2 Å². The maximum absolute atomic E-state index is 12.4. The molecule has 3 rings (SSSR count). The second-order valence-electron chi connectivity index (χ2n) is 6.29. The fraction of sp³-hybridized carbons (Fsp3) is 0.389. The standard InChI is InChI=1S/C18H22N4O2S/c1-5-12(3)25-18-19-15-14(16(23)20-17(24)21(15)4)22(18)10-13-8-6-11(2)7-9-13/h6-9,12H,5,10H2,1-4H3,(H,20,23,24)/t12-/m1/s1. The first-order chi connectivity index (χ1) is 11.9. The molecule has 2 aromatic heterocycles. The van der Waals surface area contributed by atoms with Crippen molar-refractivity contribution in [2.75, 3.05) is 0 Å². The first-order valence-electron chi connectivity index (χ1n) is 8.32. The summed E-state index contributed by atoms with van der Waals surface area (Å²) in [5.74, 6) is 0. The van der Waals surface area contributed by atoms with Crippen molar-refractivity contribution in [2.45, 2.75) is 44.1 Å².